The highest BCUT2D eigenvalue weighted by Gasteiger charge is 2.36. The van der Waals surface area contributed by atoms with Crippen LogP contribution < -0.4 is 4.74 Å². The van der Waals surface area contributed by atoms with Gasteiger partial charge in [0.15, 0.2) is 5.79 Å². The fraction of sp³-hybridized carbons (Fsp3) is 0.600. The van der Waals surface area contributed by atoms with Crippen molar-refractivity contribution < 1.29 is 19.3 Å². The minimum atomic E-state index is -0.516. The van der Waals surface area contributed by atoms with E-state index in [-0.39, 0.29) is 0 Å². The maximum Gasteiger partial charge on any atom is 0.168 e. The number of rotatable bonds is 11. The largest absolute Gasteiger partial charge is 0.491 e. The van der Waals surface area contributed by atoms with Crippen molar-refractivity contribution in [2.24, 2.45) is 0 Å². The Balaban J connectivity index is 1.70. The van der Waals surface area contributed by atoms with Gasteiger partial charge in [-0.25, -0.2) is 0 Å². The Morgan fingerprint density at radius 3 is 2.62 bits per heavy atom. The first kappa shape index (κ1) is 19.0. The monoisotopic (exact) mass is 334 g/mol. The summed E-state index contributed by atoms with van der Waals surface area (Å²) in [6, 6.07) is 9.57. The quantitative estimate of drug-likeness (QED) is 0.489. The van der Waals surface area contributed by atoms with Crippen LogP contribution in [0.3, 0.4) is 0 Å². The summed E-state index contributed by atoms with van der Waals surface area (Å²) in [6.07, 6.45) is 9.27. The molecule has 1 N–H and O–H groups in total. The molecule has 134 valence electrons. The summed E-state index contributed by atoms with van der Waals surface area (Å²) in [5.41, 5.74) is 0. The van der Waals surface area contributed by atoms with E-state index in [0.29, 0.717) is 32.7 Å². The van der Waals surface area contributed by atoms with Crippen molar-refractivity contribution in [1.82, 2.24) is 0 Å². The fourth-order valence-corrected chi connectivity index (χ4v) is 2.91. The summed E-state index contributed by atoms with van der Waals surface area (Å²) >= 11 is 0. The number of benzene rings is 1. The Morgan fingerprint density at radius 2 is 1.92 bits per heavy atom. The molecule has 0 radical (unpaired) electrons. The molecule has 0 aromatic heterocycles. The van der Waals surface area contributed by atoms with E-state index in [4.69, 9.17) is 14.2 Å². The zero-order chi connectivity index (χ0) is 17.1. The van der Waals surface area contributed by atoms with Crippen LogP contribution in [-0.2, 0) is 9.47 Å². The third-order valence-corrected chi connectivity index (χ3v) is 4.27. The van der Waals surface area contributed by atoms with E-state index in [2.05, 4.69) is 12.2 Å². The van der Waals surface area contributed by atoms with Crippen molar-refractivity contribution in [2.75, 3.05) is 19.8 Å². The van der Waals surface area contributed by atoms with Crippen molar-refractivity contribution in [1.29, 1.82) is 0 Å². The molecule has 1 aromatic carbocycles. The van der Waals surface area contributed by atoms with Gasteiger partial charge in [0.1, 0.15) is 12.4 Å². The number of hydrogen-bond acceptors (Lipinski definition) is 4. The molecule has 0 amide bonds. The third-order valence-electron chi connectivity index (χ3n) is 4.27. The van der Waals surface area contributed by atoms with E-state index in [0.717, 1.165) is 31.4 Å². The van der Waals surface area contributed by atoms with E-state index >= 15 is 0 Å². The van der Waals surface area contributed by atoms with Crippen molar-refractivity contribution >= 4 is 0 Å². The predicted molar refractivity (Wildman–Crippen MR) is 95.1 cm³/mol. The summed E-state index contributed by atoms with van der Waals surface area (Å²) in [5.74, 6) is 0.271. The normalized spacial score (nSPS) is 18.1. The number of para-hydroxylation sites is 1. The molecule has 1 fully saturated rings. The molecule has 0 spiro atoms. The molecule has 2 rings (SSSR count). The maximum atomic E-state index is 10.2. The number of aliphatic hydroxyl groups excluding tert-OH is 1. The second-order valence-corrected chi connectivity index (χ2v) is 6.24. The van der Waals surface area contributed by atoms with E-state index < -0.39 is 11.9 Å². The molecule has 0 bridgehead atoms. The number of aliphatic hydroxyl groups is 1. The first-order valence-corrected chi connectivity index (χ1v) is 8.99. The van der Waals surface area contributed by atoms with Crippen LogP contribution in [0, 0.1) is 0 Å². The highest BCUT2D eigenvalue weighted by atomic mass is 16.7. The number of unbranched alkanes of at least 4 members (excludes halogenated alkanes) is 2. The number of allylic oxidation sites excluding steroid dienone is 2. The van der Waals surface area contributed by atoms with E-state index in [1.807, 2.05) is 37.3 Å². The second-order valence-electron chi connectivity index (χ2n) is 6.24. The molecule has 4 heteroatoms. The zero-order valence-corrected chi connectivity index (χ0v) is 14.7. The van der Waals surface area contributed by atoms with Crippen LogP contribution in [0.4, 0.5) is 0 Å². The molecule has 1 aliphatic rings. The molecule has 1 aliphatic heterocycles. The van der Waals surface area contributed by atoms with Gasteiger partial charge in [-0.3, -0.25) is 0 Å². The van der Waals surface area contributed by atoms with Crippen LogP contribution in [0.15, 0.2) is 42.5 Å². The standard InChI is InChI=1S/C20H30O4/c1-2-3-4-5-9-13-20(23-15-16-24-20)14-12-18(21)17-22-19-10-7-6-8-11-19/h2-3,6-8,10-11,18,21H,4-5,9,12-17H2,1H3/b3-2+. The Labute approximate surface area is 145 Å². The van der Waals surface area contributed by atoms with E-state index in [1.165, 1.54) is 0 Å². The summed E-state index contributed by atoms with van der Waals surface area (Å²) < 4.78 is 17.3. The zero-order valence-electron chi connectivity index (χ0n) is 14.7. The Hall–Kier alpha value is -1.36. The Morgan fingerprint density at radius 1 is 1.17 bits per heavy atom. The number of ether oxygens (including phenoxy) is 3. The van der Waals surface area contributed by atoms with Crippen LogP contribution >= 0.6 is 0 Å². The van der Waals surface area contributed by atoms with Crippen LogP contribution in [0.1, 0.15) is 45.4 Å². The van der Waals surface area contributed by atoms with Crippen molar-refractivity contribution in [3.63, 3.8) is 0 Å². The van der Waals surface area contributed by atoms with Gasteiger partial charge in [-0.2, -0.15) is 0 Å². The van der Waals surface area contributed by atoms with Crippen LogP contribution in [0.5, 0.6) is 5.75 Å². The molecule has 4 nitrogen and oxygen atoms in total. The van der Waals surface area contributed by atoms with Crippen molar-refractivity contribution in [3.05, 3.63) is 42.5 Å². The van der Waals surface area contributed by atoms with Crippen molar-refractivity contribution in [2.45, 2.75) is 57.3 Å². The summed E-state index contributed by atoms with van der Waals surface area (Å²) in [4.78, 5) is 0. The molecule has 1 atom stereocenters. The molecular weight excluding hydrogens is 304 g/mol. The SMILES string of the molecule is C/C=C/CCCCC1(CCC(O)COc2ccccc2)OCCO1. The topological polar surface area (TPSA) is 47.9 Å². The molecule has 1 saturated heterocycles. The lowest BCUT2D eigenvalue weighted by Crippen LogP contribution is -2.32. The second kappa shape index (κ2) is 10.5. The van der Waals surface area contributed by atoms with Crippen molar-refractivity contribution in [3.8, 4) is 5.75 Å². The smallest absolute Gasteiger partial charge is 0.168 e. The lowest BCUT2D eigenvalue weighted by molar-refractivity contribution is -0.172. The minimum Gasteiger partial charge on any atom is -0.491 e. The molecular formula is C20H30O4. The van der Waals surface area contributed by atoms with Crippen LogP contribution in [0.2, 0.25) is 0 Å². The van der Waals surface area contributed by atoms with Gasteiger partial charge in [-0.15, -0.1) is 0 Å². The summed E-state index contributed by atoms with van der Waals surface area (Å²) in [7, 11) is 0. The Bertz CT molecular complexity index is 466. The van der Waals surface area contributed by atoms with Crippen LogP contribution in [-0.4, -0.2) is 36.8 Å². The molecule has 1 unspecified atom stereocenters. The first-order valence-electron chi connectivity index (χ1n) is 8.99. The van der Waals surface area contributed by atoms with Gasteiger partial charge < -0.3 is 19.3 Å². The average molecular weight is 334 g/mol. The van der Waals surface area contributed by atoms with Gasteiger partial charge in [0.2, 0.25) is 0 Å². The average Bonchev–Trinajstić information content (AvgIpc) is 3.08. The van der Waals surface area contributed by atoms with Gasteiger partial charge in [-0.1, -0.05) is 30.4 Å². The van der Waals surface area contributed by atoms with E-state index in [9.17, 15) is 5.11 Å². The summed E-state index contributed by atoms with van der Waals surface area (Å²) in [5, 5.41) is 10.2. The molecule has 1 aromatic rings. The Kier molecular flexibility index (Phi) is 8.29. The van der Waals surface area contributed by atoms with Gasteiger partial charge in [0.05, 0.1) is 19.3 Å². The summed E-state index contributed by atoms with van der Waals surface area (Å²) in [6.45, 7) is 3.63. The highest BCUT2D eigenvalue weighted by molar-refractivity contribution is 5.20. The number of hydrogen-bond donors (Lipinski definition) is 1. The molecule has 0 saturated carbocycles. The van der Waals surface area contributed by atoms with Gasteiger partial charge in [0, 0.05) is 12.8 Å². The van der Waals surface area contributed by atoms with Gasteiger partial charge in [-0.05, 0) is 44.7 Å². The van der Waals surface area contributed by atoms with E-state index in [1.54, 1.807) is 0 Å². The highest BCUT2D eigenvalue weighted by Crippen LogP contribution is 2.31. The minimum absolute atomic E-state index is 0.293. The fourth-order valence-electron chi connectivity index (χ4n) is 2.91. The molecule has 1 heterocycles. The predicted octanol–water partition coefficient (Wildman–Crippen LogP) is 4.09. The first-order chi connectivity index (χ1) is 11.7. The van der Waals surface area contributed by atoms with Gasteiger partial charge >= 0.3 is 0 Å². The van der Waals surface area contributed by atoms with Gasteiger partial charge in [0.25, 0.3) is 0 Å². The molecule has 0 aliphatic carbocycles. The van der Waals surface area contributed by atoms with Crippen LogP contribution in [0.25, 0.3) is 0 Å². The molecule has 24 heavy (non-hydrogen) atoms. The third kappa shape index (κ3) is 6.63. The lowest BCUT2D eigenvalue weighted by atomic mass is 10.0. The maximum absolute atomic E-state index is 10.2. The lowest BCUT2D eigenvalue weighted by Gasteiger charge is -2.28.